The van der Waals surface area contributed by atoms with Crippen molar-refractivity contribution >= 4 is 16.1 Å². The van der Waals surface area contributed by atoms with Gasteiger partial charge in [0.15, 0.2) is 0 Å². The number of halogens is 6. The molecular weight excluding hydrogens is 334 g/mol. The number of carbonyl (C=O) groups is 1. The highest BCUT2D eigenvalue weighted by molar-refractivity contribution is 7.85. The third-order valence-electron chi connectivity index (χ3n) is 2.06. The van der Waals surface area contributed by atoms with Crippen molar-refractivity contribution in [2.45, 2.75) is 31.3 Å². The van der Waals surface area contributed by atoms with Crippen molar-refractivity contribution in [2.75, 3.05) is 5.75 Å². The van der Waals surface area contributed by atoms with E-state index in [1.165, 1.54) is 6.92 Å². The van der Waals surface area contributed by atoms with Gasteiger partial charge in [0.1, 0.15) is 0 Å². The average molecular weight is 343 g/mol. The topological polar surface area (TPSA) is 83.5 Å². The molecule has 0 unspecified atom stereocenters. The van der Waals surface area contributed by atoms with Crippen LogP contribution in [0.4, 0.5) is 26.3 Å². The predicted molar refractivity (Wildman–Crippen MR) is 54.9 cm³/mol. The van der Waals surface area contributed by atoms with Crippen molar-refractivity contribution < 1.29 is 48.8 Å². The van der Waals surface area contributed by atoms with E-state index in [9.17, 15) is 44.1 Å². The van der Waals surface area contributed by atoms with Crippen LogP contribution in [0.25, 0.3) is 0 Å². The summed E-state index contributed by atoms with van der Waals surface area (Å²) in [6.07, 6.45) is -11.4. The lowest BCUT2D eigenvalue weighted by atomic mass is 10.1. The zero-order chi connectivity index (χ0) is 17.1. The second-order valence-corrected chi connectivity index (χ2v) is 5.16. The molecule has 0 N–H and O–H groups in total. The van der Waals surface area contributed by atoms with Gasteiger partial charge in [-0.1, -0.05) is 13.0 Å². The maximum atomic E-state index is 12.7. The molecule has 0 amide bonds. The molecule has 0 aromatic rings. The van der Waals surface area contributed by atoms with Crippen LogP contribution in [-0.2, 0) is 19.6 Å². The highest BCUT2D eigenvalue weighted by Gasteiger charge is 2.75. The van der Waals surface area contributed by atoms with Crippen LogP contribution in [0.3, 0.4) is 0 Å². The lowest BCUT2D eigenvalue weighted by molar-refractivity contribution is -0.360. The number of hydrogen-bond acceptors (Lipinski definition) is 5. The third-order valence-corrected chi connectivity index (χ3v) is 2.82. The van der Waals surface area contributed by atoms with E-state index in [4.69, 9.17) is 0 Å². The van der Waals surface area contributed by atoms with E-state index >= 15 is 0 Å². The van der Waals surface area contributed by atoms with Crippen molar-refractivity contribution in [2.24, 2.45) is 0 Å². The van der Waals surface area contributed by atoms with Crippen LogP contribution < -0.4 is 0 Å². The first-order chi connectivity index (χ1) is 9.16. The molecule has 0 aliphatic carbocycles. The summed E-state index contributed by atoms with van der Waals surface area (Å²) in [4.78, 5) is 11.0. The summed E-state index contributed by atoms with van der Waals surface area (Å²) in [6, 6.07) is 0. The van der Waals surface area contributed by atoms with Crippen molar-refractivity contribution in [3.05, 3.63) is 12.2 Å². The van der Waals surface area contributed by atoms with E-state index in [-0.39, 0.29) is 12.5 Å². The highest BCUT2D eigenvalue weighted by atomic mass is 32.2. The molecule has 0 heterocycles. The van der Waals surface area contributed by atoms with Gasteiger partial charge >= 0.3 is 23.9 Å². The van der Waals surface area contributed by atoms with Crippen molar-refractivity contribution in [1.82, 2.24) is 0 Å². The molecule has 0 saturated heterocycles. The van der Waals surface area contributed by atoms with Gasteiger partial charge in [0.25, 0.3) is 0 Å². The van der Waals surface area contributed by atoms with Crippen molar-refractivity contribution in [3.63, 3.8) is 0 Å². The Balaban J connectivity index is 5.95. The van der Waals surface area contributed by atoms with Crippen LogP contribution in [0.5, 0.6) is 0 Å². The molecule has 12 heteroatoms. The van der Waals surface area contributed by atoms with E-state index in [2.05, 4.69) is 4.74 Å². The molecule has 0 bridgehead atoms. The molecule has 0 aliphatic rings. The minimum absolute atomic E-state index is 0.0972. The molecule has 0 saturated carbocycles. The zero-order valence-electron chi connectivity index (χ0n) is 10.3. The average Bonchev–Trinajstić information content (AvgIpc) is 2.20. The first kappa shape index (κ1) is 19.7. The molecule has 0 atom stereocenters. The Hall–Kier alpha value is -1.30. The minimum Gasteiger partial charge on any atom is -0.748 e. The van der Waals surface area contributed by atoms with Crippen molar-refractivity contribution in [3.8, 4) is 0 Å². The number of hydrogen-bond donors (Lipinski definition) is 0. The Kier molecular flexibility index (Phi) is 5.83. The summed E-state index contributed by atoms with van der Waals surface area (Å²) in [6.45, 7) is 1.42. The molecule has 0 fully saturated rings. The van der Waals surface area contributed by atoms with Crippen LogP contribution in [0.15, 0.2) is 12.2 Å². The summed E-state index contributed by atoms with van der Waals surface area (Å²) in [5, 5.41) is 0. The molecule has 0 aliphatic heterocycles. The van der Waals surface area contributed by atoms with E-state index in [0.717, 1.165) is 6.08 Å². The highest BCUT2D eigenvalue weighted by Crippen LogP contribution is 2.46. The maximum absolute atomic E-state index is 12.7. The number of rotatable bonds is 5. The number of ether oxygens (including phenoxy) is 1. The first-order valence-electron chi connectivity index (χ1n) is 5.13. The first-order valence-corrected chi connectivity index (χ1v) is 6.70. The molecule has 5 nitrogen and oxygen atoms in total. The van der Waals surface area contributed by atoms with Gasteiger partial charge in [-0.2, -0.15) is 26.3 Å². The maximum Gasteiger partial charge on any atom is 0.438 e. The smallest absolute Gasteiger partial charge is 0.438 e. The molecule has 124 valence electrons. The summed E-state index contributed by atoms with van der Waals surface area (Å²) in [5.41, 5.74) is -5.42. The number of alkyl halides is 6. The van der Waals surface area contributed by atoms with Gasteiger partial charge in [0.05, 0.1) is 15.9 Å². The van der Waals surface area contributed by atoms with Gasteiger partial charge in [-0.25, -0.2) is 13.2 Å². The standard InChI is InChI=1S/C9H10F6O5S/c1-2-3-4-6(16)20-7(8(10,11)12,9(13,14)15)5-21(17,18)19/h3-4H,2,5H2,1H3,(H,17,18,19)/p-1/b4-3+. The number of carbonyl (C=O) groups excluding carboxylic acids is 1. The fourth-order valence-corrected chi connectivity index (χ4v) is 2.02. The summed E-state index contributed by atoms with van der Waals surface area (Å²) < 4.78 is 110. The van der Waals surface area contributed by atoms with Crippen molar-refractivity contribution in [1.29, 1.82) is 0 Å². The number of allylic oxidation sites excluding steroid dienone is 1. The largest absolute Gasteiger partial charge is 0.748 e. The molecular formula is C9H9F6O5S-. The minimum atomic E-state index is -6.35. The fourth-order valence-electron chi connectivity index (χ4n) is 1.14. The lowest BCUT2D eigenvalue weighted by Crippen LogP contribution is -2.63. The van der Waals surface area contributed by atoms with Crippen LogP contribution in [-0.4, -0.2) is 42.6 Å². The molecule has 0 spiro atoms. The monoisotopic (exact) mass is 343 g/mol. The molecule has 0 radical (unpaired) electrons. The Labute approximate surface area is 115 Å². The summed E-state index contributed by atoms with van der Waals surface area (Å²) >= 11 is 0. The zero-order valence-corrected chi connectivity index (χ0v) is 11.1. The van der Waals surface area contributed by atoms with Gasteiger partial charge in [-0.05, 0) is 6.42 Å². The molecule has 0 aromatic carbocycles. The van der Waals surface area contributed by atoms with E-state index in [1.54, 1.807) is 0 Å². The Bertz CT molecular complexity index is 490. The van der Waals surface area contributed by atoms with Gasteiger partial charge in [-0.15, -0.1) is 0 Å². The normalized spacial score (nSPS) is 14.5. The predicted octanol–water partition coefficient (Wildman–Crippen LogP) is 1.90. The lowest BCUT2D eigenvalue weighted by Gasteiger charge is -2.36. The molecule has 21 heavy (non-hydrogen) atoms. The van der Waals surface area contributed by atoms with Gasteiger partial charge < -0.3 is 9.29 Å². The van der Waals surface area contributed by atoms with Crippen LogP contribution in [0, 0.1) is 0 Å². The number of esters is 1. The van der Waals surface area contributed by atoms with E-state index in [0.29, 0.717) is 0 Å². The summed E-state index contributed by atoms with van der Waals surface area (Å²) in [7, 11) is -6.01. The van der Waals surface area contributed by atoms with Gasteiger partial charge in [0, 0.05) is 6.08 Å². The van der Waals surface area contributed by atoms with E-state index in [1.807, 2.05) is 0 Å². The Morgan fingerprint density at radius 3 is 1.86 bits per heavy atom. The van der Waals surface area contributed by atoms with Gasteiger partial charge in [-0.3, -0.25) is 0 Å². The molecule has 0 rings (SSSR count). The summed E-state index contributed by atoms with van der Waals surface area (Å²) in [5.74, 6) is -5.08. The van der Waals surface area contributed by atoms with Crippen LogP contribution in [0.1, 0.15) is 13.3 Å². The third kappa shape index (κ3) is 5.19. The molecule has 0 aromatic heterocycles. The van der Waals surface area contributed by atoms with E-state index < -0.39 is 39.8 Å². The Morgan fingerprint density at radius 2 is 1.57 bits per heavy atom. The second kappa shape index (κ2) is 6.22. The Morgan fingerprint density at radius 1 is 1.14 bits per heavy atom. The van der Waals surface area contributed by atoms with Crippen LogP contribution in [0.2, 0.25) is 0 Å². The fraction of sp³-hybridized carbons (Fsp3) is 0.667. The van der Waals surface area contributed by atoms with Gasteiger partial charge in [0.2, 0.25) is 0 Å². The quantitative estimate of drug-likeness (QED) is 0.329. The van der Waals surface area contributed by atoms with Crippen LogP contribution >= 0.6 is 0 Å². The second-order valence-electron chi connectivity index (χ2n) is 3.76. The SMILES string of the molecule is CC/C=C/C(=O)OC(CS(=O)(=O)[O-])(C(F)(F)F)C(F)(F)F.